The molecule has 4 nitrogen and oxygen atoms in total. The van der Waals surface area contributed by atoms with Crippen molar-refractivity contribution in [3.05, 3.63) is 29.3 Å². The Bertz CT molecular complexity index is 513. The fourth-order valence-electron chi connectivity index (χ4n) is 1.68. The summed E-state index contributed by atoms with van der Waals surface area (Å²) < 4.78 is 5.60. The smallest absolute Gasteiger partial charge is 0.159 e. The molecule has 0 amide bonds. The van der Waals surface area contributed by atoms with Crippen molar-refractivity contribution in [1.82, 2.24) is 0 Å². The number of ketones is 1. The lowest BCUT2D eigenvalue weighted by atomic mass is 10.1. The molecule has 0 atom stereocenters. The minimum absolute atomic E-state index is 0.0470. The van der Waals surface area contributed by atoms with E-state index in [-0.39, 0.29) is 5.78 Å². The molecular weight excluding hydrogens is 284 g/mol. The van der Waals surface area contributed by atoms with E-state index in [9.17, 15) is 4.79 Å². The number of thioether (sulfide) groups is 1. The topological polar surface area (TPSA) is 64.7 Å². The highest BCUT2D eigenvalue weighted by molar-refractivity contribution is 8.13. The molecule has 1 aromatic rings. The fourth-order valence-corrected chi connectivity index (χ4v) is 2.37. The first kappa shape index (κ1) is 17.6. The van der Waals surface area contributed by atoms with E-state index in [0.29, 0.717) is 29.0 Å². The molecule has 0 aliphatic heterocycles. The van der Waals surface area contributed by atoms with Crippen LogP contribution >= 0.6 is 11.8 Å². The molecule has 1 rings (SSSR count). The van der Waals surface area contributed by atoms with Gasteiger partial charge in [0.2, 0.25) is 0 Å². The van der Waals surface area contributed by atoms with Gasteiger partial charge in [0.1, 0.15) is 5.75 Å². The van der Waals surface area contributed by atoms with Crippen molar-refractivity contribution in [2.45, 2.75) is 33.4 Å². The summed E-state index contributed by atoms with van der Waals surface area (Å²) >= 11 is 1.47. The Labute approximate surface area is 131 Å². The molecule has 0 spiro atoms. The molecule has 0 radical (unpaired) electrons. The highest BCUT2D eigenvalue weighted by Gasteiger charge is 2.09. The van der Waals surface area contributed by atoms with E-state index in [1.807, 2.05) is 19.1 Å². The van der Waals surface area contributed by atoms with Crippen LogP contribution < -0.4 is 10.5 Å². The third-order valence-corrected chi connectivity index (χ3v) is 3.63. The van der Waals surface area contributed by atoms with Crippen LogP contribution in [0.1, 0.15) is 43.6 Å². The van der Waals surface area contributed by atoms with Crippen molar-refractivity contribution in [2.24, 2.45) is 16.6 Å². The number of nitrogens with two attached hydrogens (primary N) is 1. The molecule has 116 valence electrons. The average Bonchev–Trinajstić information content (AvgIpc) is 2.44. The summed E-state index contributed by atoms with van der Waals surface area (Å²) in [4.78, 5) is 15.8. The summed E-state index contributed by atoms with van der Waals surface area (Å²) in [5, 5.41) is 0.569. The molecule has 0 unspecified atom stereocenters. The van der Waals surface area contributed by atoms with Crippen molar-refractivity contribution < 1.29 is 9.53 Å². The first-order valence-corrected chi connectivity index (χ1v) is 8.12. The monoisotopic (exact) mass is 308 g/mol. The SMILES string of the molecule is CCOc1ccc(C(C)=O)cc1CSC(N)=NCC(C)C. The lowest BCUT2D eigenvalue weighted by molar-refractivity contribution is 0.101. The van der Waals surface area contributed by atoms with E-state index in [1.54, 1.807) is 13.0 Å². The molecule has 0 fully saturated rings. The van der Waals surface area contributed by atoms with Gasteiger partial charge in [-0.25, -0.2) is 0 Å². The Kier molecular flexibility index (Phi) is 7.29. The van der Waals surface area contributed by atoms with Crippen LogP contribution in [0.15, 0.2) is 23.2 Å². The van der Waals surface area contributed by atoms with Gasteiger partial charge < -0.3 is 10.5 Å². The second kappa shape index (κ2) is 8.72. The Morgan fingerprint density at radius 3 is 2.71 bits per heavy atom. The van der Waals surface area contributed by atoms with E-state index in [1.165, 1.54) is 11.8 Å². The first-order chi connectivity index (χ1) is 9.93. The summed E-state index contributed by atoms with van der Waals surface area (Å²) in [5.41, 5.74) is 7.55. The lowest BCUT2D eigenvalue weighted by Gasteiger charge is -2.11. The zero-order valence-electron chi connectivity index (χ0n) is 13.2. The fraction of sp³-hybridized carbons (Fsp3) is 0.500. The van der Waals surface area contributed by atoms with Gasteiger partial charge in [-0.15, -0.1) is 0 Å². The summed E-state index contributed by atoms with van der Waals surface area (Å²) in [5.74, 6) is 1.98. The average molecular weight is 308 g/mol. The van der Waals surface area contributed by atoms with Gasteiger partial charge in [-0.2, -0.15) is 0 Å². The molecule has 1 aromatic carbocycles. The molecule has 0 aromatic heterocycles. The van der Waals surface area contributed by atoms with Crippen molar-refractivity contribution in [1.29, 1.82) is 0 Å². The van der Waals surface area contributed by atoms with Gasteiger partial charge in [0, 0.05) is 23.4 Å². The van der Waals surface area contributed by atoms with E-state index in [0.717, 1.165) is 17.9 Å². The Morgan fingerprint density at radius 1 is 1.43 bits per heavy atom. The summed E-state index contributed by atoms with van der Waals surface area (Å²) in [7, 11) is 0. The van der Waals surface area contributed by atoms with Gasteiger partial charge in [0.15, 0.2) is 11.0 Å². The summed E-state index contributed by atoms with van der Waals surface area (Å²) in [6, 6.07) is 5.51. The molecule has 0 aliphatic carbocycles. The minimum Gasteiger partial charge on any atom is -0.494 e. The van der Waals surface area contributed by atoms with Gasteiger partial charge in [-0.1, -0.05) is 25.6 Å². The maximum absolute atomic E-state index is 11.5. The maximum atomic E-state index is 11.5. The molecule has 2 N–H and O–H groups in total. The summed E-state index contributed by atoms with van der Waals surface area (Å²) in [6.45, 7) is 9.02. The van der Waals surface area contributed by atoms with Crippen LogP contribution in [0.2, 0.25) is 0 Å². The van der Waals surface area contributed by atoms with E-state index in [2.05, 4.69) is 18.8 Å². The van der Waals surface area contributed by atoms with Crippen LogP contribution in [0.25, 0.3) is 0 Å². The molecule has 0 bridgehead atoms. The van der Waals surface area contributed by atoms with Crippen LogP contribution in [-0.2, 0) is 5.75 Å². The van der Waals surface area contributed by atoms with Gasteiger partial charge in [-0.3, -0.25) is 9.79 Å². The zero-order valence-corrected chi connectivity index (χ0v) is 14.0. The second-order valence-corrected chi connectivity index (χ2v) is 6.17. The van der Waals surface area contributed by atoms with Crippen LogP contribution in [0.3, 0.4) is 0 Å². The van der Waals surface area contributed by atoms with Gasteiger partial charge in [-0.05, 0) is 38.0 Å². The van der Waals surface area contributed by atoms with Gasteiger partial charge in [0.25, 0.3) is 0 Å². The predicted molar refractivity (Wildman–Crippen MR) is 90.2 cm³/mol. The number of benzene rings is 1. The number of hydrogen-bond acceptors (Lipinski definition) is 4. The van der Waals surface area contributed by atoms with E-state index in [4.69, 9.17) is 10.5 Å². The standard InChI is InChI=1S/C16H24N2O2S/c1-5-20-15-7-6-13(12(4)19)8-14(15)10-21-16(17)18-9-11(2)3/h6-8,11H,5,9-10H2,1-4H3,(H2,17,18). The number of carbonyl (C=O) groups excluding carboxylic acids is 1. The van der Waals surface area contributed by atoms with E-state index >= 15 is 0 Å². The molecule has 0 saturated heterocycles. The number of ether oxygens (including phenoxy) is 1. The summed E-state index contributed by atoms with van der Waals surface area (Å²) in [6.07, 6.45) is 0. The van der Waals surface area contributed by atoms with Crippen LogP contribution in [0.5, 0.6) is 5.75 Å². The van der Waals surface area contributed by atoms with Crippen molar-refractivity contribution in [3.63, 3.8) is 0 Å². The van der Waals surface area contributed by atoms with Gasteiger partial charge >= 0.3 is 0 Å². The number of carbonyl (C=O) groups is 1. The van der Waals surface area contributed by atoms with Crippen LogP contribution in [-0.4, -0.2) is 24.1 Å². The van der Waals surface area contributed by atoms with Crippen molar-refractivity contribution >= 4 is 22.7 Å². The van der Waals surface area contributed by atoms with Gasteiger partial charge in [0.05, 0.1) is 6.61 Å². The number of aliphatic imine (C=N–C) groups is 1. The Morgan fingerprint density at radius 2 is 2.14 bits per heavy atom. The van der Waals surface area contributed by atoms with E-state index < -0.39 is 0 Å². The second-order valence-electron chi connectivity index (χ2n) is 5.17. The van der Waals surface area contributed by atoms with Crippen molar-refractivity contribution in [3.8, 4) is 5.75 Å². The molecule has 0 saturated carbocycles. The minimum atomic E-state index is 0.0470. The predicted octanol–water partition coefficient (Wildman–Crippen LogP) is 3.49. The molecule has 0 heterocycles. The van der Waals surface area contributed by atoms with Crippen molar-refractivity contribution in [2.75, 3.05) is 13.2 Å². The highest BCUT2D eigenvalue weighted by Crippen LogP contribution is 2.25. The third kappa shape index (κ3) is 6.21. The molecule has 5 heteroatoms. The number of nitrogens with zero attached hydrogens (tertiary/aromatic N) is 1. The largest absolute Gasteiger partial charge is 0.494 e. The molecular formula is C16H24N2O2S. The number of amidine groups is 1. The zero-order chi connectivity index (χ0) is 15.8. The normalized spacial score (nSPS) is 11.8. The molecule has 21 heavy (non-hydrogen) atoms. The van der Waals surface area contributed by atoms with Crippen LogP contribution in [0.4, 0.5) is 0 Å². The Balaban J connectivity index is 2.81. The number of rotatable bonds is 7. The number of Topliss-reactive ketones (excluding diaryl/α,β-unsaturated/α-hetero) is 1. The lowest BCUT2D eigenvalue weighted by Crippen LogP contribution is -2.10. The first-order valence-electron chi connectivity index (χ1n) is 7.13. The molecule has 0 aliphatic rings. The van der Waals surface area contributed by atoms with Crippen LogP contribution in [0, 0.1) is 5.92 Å². The highest BCUT2D eigenvalue weighted by atomic mass is 32.2. The number of hydrogen-bond donors (Lipinski definition) is 1. The quantitative estimate of drug-likeness (QED) is 0.476. The maximum Gasteiger partial charge on any atom is 0.159 e. The Hall–Kier alpha value is -1.49. The third-order valence-electron chi connectivity index (χ3n) is 2.75.